The molecule has 1 heterocycles. The number of carboxylic acids is 1. The van der Waals surface area contributed by atoms with Gasteiger partial charge in [0.1, 0.15) is 0 Å². The standard InChI is InChI=1S/C11H12BrNO4S/c1-2-3-17-5-8(11(15)16)13-10(14)9-4-7(12)6-18-9/h2,4,6,8H,1,3,5H2,(H,13,14)(H,15,16). The third-order valence-corrected chi connectivity index (χ3v) is 3.60. The van der Waals surface area contributed by atoms with Crippen molar-refractivity contribution >= 4 is 39.1 Å². The topological polar surface area (TPSA) is 75.6 Å². The summed E-state index contributed by atoms with van der Waals surface area (Å²) >= 11 is 4.46. The van der Waals surface area contributed by atoms with Gasteiger partial charge in [-0.05, 0) is 22.0 Å². The molecule has 18 heavy (non-hydrogen) atoms. The average molecular weight is 334 g/mol. The number of amides is 1. The van der Waals surface area contributed by atoms with E-state index < -0.39 is 17.9 Å². The summed E-state index contributed by atoms with van der Waals surface area (Å²) in [6.07, 6.45) is 1.51. The van der Waals surface area contributed by atoms with Crippen molar-refractivity contribution < 1.29 is 19.4 Å². The second-order valence-corrected chi connectivity index (χ2v) is 5.15. The molecule has 0 fully saturated rings. The molecule has 7 heteroatoms. The third-order valence-electron chi connectivity index (χ3n) is 1.91. The van der Waals surface area contributed by atoms with Crippen molar-refractivity contribution in [3.8, 4) is 0 Å². The Morgan fingerprint density at radius 1 is 1.67 bits per heavy atom. The number of hydrogen-bond donors (Lipinski definition) is 2. The first-order chi connectivity index (χ1) is 8.54. The van der Waals surface area contributed by atoms with E-state index in [2.05, 4.69) is 27.8 Å². The molecule has 0 spiro atoms. The second-order valence-electron chi connectivity index (χ2n) is 3.32. The zero-order chi connectivity index (χ0) is 13.5. The van der Waals surface area contributed by atoms with E-state index in [1.54, 1.807) is 11.4 Å². The van der Waals surface area contributed by atoms with Crippen molar-refractivity contribution in [1.82, 2.24) is 5.32 Å². The van der Waals surface area contributed by atoms with Gasteiger partial charge >= 0.3 is 5.97 Å². The molecule has 1 unspecified atom stereocenters. The number of halogens is 1. The molecule has 1 atom stereocenters. The number of rotatable bonds is 7. The normalized spacial score (nSPS) is 11.8. The lowest BCUT2D eigenvalue weighted by Gasteiger charge is -2.13. The van der Waals surface area contributed by atoms with E-state index in [1.165, 1.54) is 17.4 Å². The number of hydrogen-bond acceptors (Lipinski definition) is 4. The average Bonchev–Trinajstić information content (AvgIpc) is 2.74. The van der Waals surface area contributed by atoms with Crippen molar-refractivity contribution in [1.29, 1.82) is 0 Å². The van der Waals surface area contributed by atoms with E-state index >= 15 is 0 Å². The van der Waals surface area contributed by atoms with Crippen molar-refractivity contribution in [3.05, 3.63) is 33.5 Å². The van der Waals surface area contributed by atoms with E-state index in [9.17, 15) is 9.59 Å². The molecule has 0 radical (unpaired) electrons. The summed E-state index contributed by atoms with van der Waals surface area (Å²) in [5.41, 5.74) is 0. The number of nitrogens with one attached hydrogen (secondary N) is 1. The number of ether oxygens (including phenoxy) is 1. The molecule has 1 amide bonds. The number of aliphatic carboxylic acids is 1. The van der Waals surface area contributed by atoms with Gasteiger partial charge in [-0.25, -0.2) is 4.79 Å². The molecule has 0 saturated carbocycles. The predicted octanol–water partition coefficient (Wildman–Crippen LogP) is 1.90. The number of carbonyl (C=O) groups is 2. The Morgan fingerprint density at radius 3 is 2.89 bits per heavy atom. The SMILES string of the molecule is C=CCOCC(NC(=O)c1cc(Br)cs1)C(=O)O. The number of carbonyl (C=O) groups excluding carboxylic acids is 1. The fraction of sp³-hybridized carbons (Fsp3) is 0.273. The van der Waals surface area contributed by atoms with Gasteiger partial charge < -0.3 is 15.2 Å². The highest BCUT2D eigenvalue weighted by Gasteiger charge is 2.21. The van der Waals surface area contributed by atoms with E-state index in [0.717, 1.165) is 4.47 Å². The number of thiophene rings is 1. The maximum absolute atomic E-state index is 11.7. The van der Waals surface area contributed by atoms with Gasteiger partial charge in [-0.15, -0.1) is 17.9 Å². The minimum absolute atomic E-state index is 0.0976. The quantitative estimate of drug-likeness (QED) is 0.590. The van der Waals surface area contributed by atoms with E-state index in [4.69, 9.17) is 9.84 Å². The first kappa shape index (κ1) is 14.9. The summed E-state index contributed by atoms with van der Waals surface area (Å²) in [6, 6.07) is 0.557. The van der Waals surface area contributed by atoms with Crippen LogP contribution in [0.25, 0.3) is 0 Å². The van der Waals surface area contributed by atoms with Crippen LogP contribution in [0.3, 0.4) is 0 Å². The summed E-state index contributed by atoms with van der Waals surface area (Å²) in [4.78, 5) is 23.1. The summed E-state index contributed by atoms with van der Waals surface area (Å²) in [5, 5.41) is 13.1. The Labute approximate surface area is 117 Å². The van der Waals surface area contributed by atoms with Crippen LogP contribution in [-0.4, -0.2) is 36.2 Å². The molecule has 0 aromatic carbocycles. The molecule has 0 aliphatic heterocycles. The van der Waals surface area contributed by atoms with Crippen molar-refractivity contribution in [2.45, 2.75) is 6.04 Å². The number of carboxylic acid groups (broad SMARTS) is 1. The van der Waals surface area contributed by atoms with Crippen LogP contribution in [0.1, 0.15) is 9.67 Å². The predicted molar refractivity (Wildman–Crippen MR) is 71.9 cm³/mol. The van der Waals surface area contributed by atoms with Gasteiger partial charge in [0.05, 0.1) is 18.1 Å². The molecule has 0 saturated heterocycles. The van der Waals surface area contributed by atoms with Crippen LogP contribution in [0.15, 0.2) is 28.6 Å². The lowest BCUT2D eigenvalue weighted by Crippen LogP contribution is -2.43. The van der Waals surface area contributed by atoms with Crippen LogP contribution in [0, 0.1) is 0 Å². The van der Waals surface area contributed by atoms with Crippen LogP contribution >= 0.6 is 27.3 Å². The van der Waals surface area contributed by atoms with Gasteiger partial charge in [0.15, 0.2) is 6.04 Å². The van der Waals surface area contributed by atoms with Crippen molar-refractivity contribution in [3.63, 3.8) is 0 Å². The lowest BCUT2D eigenvalue weighted by molar-refractivity contribution is -0.140. The lowest BCUT2D eigenvalue weighted by atomic mass is 10.3. The molecule has 5 nitrogen and oxygen atoms in total. The third kappa shape index (κ3) is 4.59. The summed E-state index contributed by atoms with van der Waals surface area (Å²) in [5.74, 6) is -1.57. The fourth-order valence-corrected chi connectivity index (χ4v) is 2.43. The van der Waals surface area contributed by atoms with Crippen LogP contribution in [-0.2, 0) is 9.53 Å². The highest BCUT2D eigenvalue weighted by atomic mass is 79.9. The zero-order valence-corrected chi connectivity index (χ0v) is 11.8. The zero-order valence-electron chi connectivity index (χ0n) is 9.39. The van der Waals surface area contributed by atoms with Crippen LogP contribution in [0.5, 0.6) is 0 Å². The van der Waals surface area contributed by atoms with Gasteiger partial charge in [0.2, 0.25) is 0 Å². The molecular formula is C11H12BrNO4S. The summed E-state index contributed by atoms with van der Waals surface area (Å²) < 4.78 is 5.81. The van der Waals surface area contributed by atoms with E-state index in [0.29, 0.717) is 4.88 Å². The Bertz CT molecular complexity index is 446. The second kappa shape index (κ2) is 7.30. The Morgan fingerprint density at radius 2 is 2.39 bits per heavy atom. The Hall–Kier alpha value is -1.18. The van der Waals surface area contributed by atoms with Crippen molar-refractivity contribution in [2.75, 3.05) is 13.2 Å². The molecule has 1 rings (SSSR count). The van der Waals surface area contributed by atoms with E-state index in [1.807, 2.05) is 0 Å². The smallest absolute Gasteiger partial charge is 0.328 e. The van der Waals surface area contributed by atoms with Crippen LogP contribution in [0.2, 0.25) is 0 Å². The molecule has 0 aliphatic rings. The Balaban J connectivity index is 2.57. The molecule has 1 aromatic rings. The monoisotopic (exact) mass is 333 g/mol. The molecule has 1 aromatic heterocycles. The fourth-order valence-electron chi connectivity index (χ4n) is 1.11. The molecule has 0 aliphatic carbocycles. The van der Waals surface area contributed by atoms with Crippen molar-refractivity contribution in [2.24, 2.45) is 0 Å². The summed E-state index contributed by atoms with van der Waals surface area (Å²) in [6.45, 7) is 3.59. The highest BCUT2D eigenvalue weighted by molar-refractivity contribution is 9.10. The van der Waals surface area contributed by atoms with Crippen LogP contribution < -0.4 is 5.32 Å². The molecule has 0 bridgehead atoms. The summed E-state index contributed by atoms with van der Waals surface area (Å²) in [7, 11) is 0. The maximum atomic E-state index is 11.7. The molecular weight excluding hydrogens is 322 g/mol. The van der Waals surface area contributed by atoms with Gasteiger partial charge in [0, 0.05) is 9.85 Å². The first-order valence-corrected chi connectivity index (χ1v) is 6.68. The first-order valence-electron chi connectivity index (χ1n) is 5.01. The maximum Gasteiger partial charge on any atom is 0.328 e. The minimum atomic E-state index is -1.14. The molecule has 2 N–H and O–H groups in total. The van der Waals surface area contributed by atoms with E-state index in [-0.39, 0.29) is 13.2 Å². The van der Waals surface area contributed by atoms with Gasteiger partial charge in [-0.2, -0.15) is 0 Å². The largest absolute Gasteiger partial charge is 0.480 e. The van der Waals surface area contributed by atoms with Gasteiger partial charge in [-0.3, -0.25) is 4.79 Å². The highest BCUT2D eigenvalue weighted by Crippen LogP contribution is 2.19. The molecule has 98 valence electrons. The Kier molecular flexibility index (Phi) is 6.03. The minimum Gasteiger partial charge on any atom is -0.480 e. The van der Waals surface area contributed by atoms with Crippen LogP contribution in [0.4, 0.5) is 0 Å². The van der Waals surface area contributed by atoms with Gasteiger partial charge in [0.25, 0.3) is 5.91 Å². The van der Waals surface area contributed by atoms with Gasteiger partial charge in [-0.1, -0.05) is 6.08 Å².